The summed E-state index contributed by atoms with van der Waals surface area (Å²) in [6.45, 7) is 1.19. The molecular weight excluding hydrogens is 218 g/mol. The minimum atomic E-state index is -0.964. The van der Waals surface area contributed by atoms with E-state index in [0.29, 0.717) is 6.54 Å². The molecule has 1 aromatic carbocycles. The molecule has 1 atom stereocenters. The molecule has 2 N–H and O–H groups in total. The van der Waals surface area contributed by atoms with Crippen molar-refractivity contribution in [3.8, 4) is 0 Å². The Morgan fingerprint density at radius 1 is 1.35 bits per heavy atom. The molecular formula is C13H19NO3. The summed E-state index contributed by atoms with van der Waals surface area (Å²) in [5.41, 5.74) is 1.24. The standard InChI is InChI=1S/C13H19NO3/c1-14(10-12(15)9-13(16)17)8-7-11-5-3-2-4-6-11/h2-6,12,15H,7-10H2,1H3,(H,16,17). The van der Waals surface area contributed by atoms with Crippen LogP contribution in [0, 0.1) is 0 Å². The van der Waals surface area contributed by atoms with E-state index in [9.17, 15) is 9.90 Å². The van der Waals surface area contributed by atoms with E-state index in [4.69, 9.17) is 5.11 Å². The van der Waals surface area contributed by atoms with Crippen molar-refractivity contribution >= 4 is 5.97 Å². The summed E-state index contributed by atoms with van der Waals surface area (Å²) >= 11 is 0. The molecule has 17 heavy (non-hydrogen) atoms. The summed E-state index contributed by atoms with van der Waals surface area (Å²) in [5.74, 6) is -0.964. The van der Waals surface area contributed by atoms with Crippen LogP contribution in [0.4, 0.5) is 0 Å². The third kappa shape index (κ3) is 6.04. The first-order chi connectivity index (χ1) is 8.08. The fourth-order valence-corrected chi connectivity index (χ4v) is 1.68. The summed E-state index contributed by atoms with van der Waals surface area (Å²) < 4.78 is 0. The number of carboxylic acids is 1. The smallest absolute Gasteiger partial charge is 0.306 e. The van der Waals surface area contributed by atoms with Crippen LogP contribution in [0.15, 0.2) is 30.3 Å². The molecule has 1 unspecified atom stereocenters. The fourth-order valence-electron chi connectivity index (χ4n) is 1.68. The lowest BCUT2D eigenvalue weighted by molar-refractivity contribution is -0.139. The van der Waals surface area contributed by atoms with Crippen LogP contribution in [-0.2, 0) is 11.2 Å². The van der Waals surface area contributed by atoms with E-state index >= 15 is 0 Å². The Balaban J connectivity index is 2.25. The van der Waals surface area contributed by atoms with Gasteiger partial charge in [-0.2, -0.15) is 0 Å². The van der Waals surface area contributed by atoms with Crippen LogP contribution >= 0.6 is 0 Å². The Hall–Kier alpha value is -1.39. The molecule has 0 amide bonds. The molecule has 0 bridgehead atoms. The Bertz CT molecular complexity index is 340. The average Bonchev–Trinajstić information content (AvgIpc) is 2.26. The molecule has 0 spiro atoms. The van der Waals surface area contributed by atoms with E-state index in [1.807, 2.05) is 30.1 Å². The molecule has 0 saturated carbocycles. The molecule has 4 heteroatoms. The van der Waals surface area contributed by atoms with Gasteiger partial charge >= 0.3 is 5.97 Å². The van der Waals surface area contributed by atoms with Gasteiger partial charge in [-0.3, -0.25) is 4.79 Å². The maximum Gasteiger partial charge on any atom is 0.306 e. The van der Waals surface area contributed by atoms with Crippen molar-refractivity contribution in [2.24, 2.45) is 0 Å². The number of aliphatic hydroxyl groups is 1. The Morgan fingerprint density at radius 2 is 2.00 bits per heavy atom. The first-order valence-electron chi connectivity index (χ1n) is 5.70. The number of rotatable bonds is 7. The number of hydrogen-bond acceptors (Lipinski definition) is 3. The van der Waals surface area contributed by atoms with Crippen LogP contribution in [0.2, 0.25) is 0 Å². The molecule has 0 aliphatic rings. The molecule has 1 rings (SSSR count). The summed E-state index contributed by atoms with van der Waals surface area (Å²) in [7, 11) is 1.88. The van der Waals surface area contributed by atoms with E-state index in [-0.39, 0.29) is 6.42 Å². The third-order valence-electron chi connectivity index (χ3n) is 2.56. The van der Waals surface area contributed by atoms with Crippen molar-refractivity contribution in [1.82, 2.24) is 4.90 Å². The number of aliphatic carboxylic acids is 1. The lowest BCUT2D eigenvalue weighted by Gasteiger charge is -2.19. The van der Waals surface area contributed by atoms with E-state index in [2.05, 4.69) is 12.1 Å². The molecule has 4 nitrogen and oxygen atoms in total. The number of likely N-dealkylation sites (N-methyl/N-ethyl adjacent to an activating group) is 1. The van der Waals surface area contributed by atoms with Crippen molar-refractivity contribution in [2.45, 2.75) is 18.9 Å². The second kappa shape index (κ2) is 7.04. The van der Waals surface area contributed by atoms with Crippen molar-refractivity contribution < 1.29 is 15.0 Å². The van der Waals surface area contributed by atoms with Gasteiger partial charge in [-0.1, -0.05) is 30.3 Å². The quantitative estimate of drug-likeness (QED) is 0.742. The second-order valence-electron chi connectivity index (χ2n) is 4.25. The minimum absolute atomic E-state index is 0.199. The van der Waals surface area contributed by atoms with Crippen LogP contribution in [-0.4, -0.2) is 47.3 Å². The molecule has 1 aromatic rings. The van der Waals surface area contributed by atoms with Gasteiger partial charge in [0.1, 0.15) is 0 Å². The monoisotopic (exact) mass is 237 g/mol. The van der Waals surface area contributed by atoms with E-state index in [1.54, 1.807) is 0 Å². The van der Waals surface area contributed by atoms with Gasteiger partial charge in [-0.15, -0.1) is 0 Å². The maximum atomic E-state index is 10.4. The zero-order valence-corrected chi connectivity index (χ0v) is 10.0. The molecule has 0 fully saturated rings. The van der Waals surface area contributed by atoms with E-state index in [0.717, 1.165) is 13.0 Å². The highest BCUT2D eigenvalue weighted by Gasteiger charge is 2.11. The highest BCUT2D eigenvalue weighted by atomic mass is 16.4. The minimum Gasteiger partial charge on any atom is -0.481 e. The highest BCUT2D eigenvalue weighted by Crippen LogP contribution is 2.02. The van der Waals surface area contributed by atoms with E-state index < -0.39 is 12.1 Å². The number of hydrogen-bond donors (Lipinski definition) is 2. The SMILES string of the molecule is CN(CCc1ccccc1)CC(O)CC(=O)O. The van der Waals surface area contributed by atoms with Gasteiger partial charge < -0.3 is 15.1 Å². The van der Waals surface area contributed by atoms with Gasteiger partial charge in [0.15, 0.2) is 0 Å². The average molecular weight is 237 g/mol. The van der Waals surface area contributed by atoms with Crippen molar-refractivity contribution in [2.75, 3.05) is 20.1 Å². The molecule has 0 aliphatic heterocycles. The van der Waals surface area contributed by atoms with Gasteiger partial charge in [0.25, 0.3) is 0 Å². The normalized spacial score (nSPS) is 12.6. The third-order valence-corrected chi connectivity index (χ3v) is 2.56. The molecule has 0 radical (unpaired) electrons. The first kappa shape index (κ1) is 13.7. The number of nitrogens with zero attached hydrogens (tertiary/aromatic N) is 1. The Morgan fingerprint density at radius 3 is 2.59 bits per heavy atom. The molecule has 0 saturated heterocycles. The maximum absolute atomic E-state index is 10.4. The zero-order valence-electron chi connectivity index (χ0n) is 10.0. The summed E-state index contributed by atoms with van der Waals surface area (Å²) in [6.07, 6.45) is -0.0967. The van der Waals surface area contributed by atoms with Gasteiger partial charge in [-0.05, 0) is 19.0 Å². The van der Waals surface area contributed by atoms with Crippen LogP contribution in [0.1, 0.15) is 12.0 Å². The largest absolute Gasteiger partial charge is 0.481 e. The van der Waals surface area contributed by atoms with Crippen LogP contribution < -0.4 is 0 Å². The fraction of sp³-hybridized carbons (Fsp3) is 0.462. The topological polar surface area (TPSA) is 60.8 Å². The van der Waals surface area contributed by atoms with Gasteiger partial charge in [0, 0.05) is 13.1 Å². The molecule has 0 heterocycles. The highest BCUT2D eigenvalue weighted by molar-refractivity contribution is 5.67. The number of carboxylic acid groups (broad SMARTS) is 1. The van der Waals surface area contributed by atoms with Gasteiger partial charge in [0.05, 0.1) is 12.5 Å². The van der Waals surface area contributed by atoms with E-state index in [1.165, 1.54) is 5.56 Å². The predicted octanol–water partition coefficient (Wildman–Crippen LogP) is 0.996. The number of aliphatic hydroxyl groups excluding tert-OH is 1. The molecule has 94 valence electrons. The molecule has 0 aromatic heterocycles. The Kier molecular flexibility index (Phi) is 5.66. The predicted molar refractivity (Wildman–Crippen MR) is 65.9 cm³/mol. The summed E-state index contributed by atoms with van der Waals surface area (Å²) in [4.78, 5) is 12.3. The number of carbonyl (C=O) groups is 1. The first-order valence-corrected chi connectivity index (χ1v) is 5.70. The van der Waals surface area contributed by atoms with Gasteiger partial charge in [-0.25, -0.2) is 0 Å². The lowest BCUT2D eigenvalue weighted by Crippen LogP contribution is -2.32. The second-order valence-corrected chi connectivity index (χ2v) is 4.25. The lowest BCUT2D eigenvalue weighted by atomic mass is 10.1. The van der Waals surface area contributed by atoms with Crippen LogP contribution in [0.5, 0.6) is 0 Å². The Labute approximate surface area is 101 Å². The van der Waals surface area contributed by atoms with Crippen molar-refractivity contribution in [3.63, 3.8) is 0 Å². The van der Waals surface area contributed by atoms with Crippen LogP contribution in [0.25, 0.3) is 0 Å². The van der Waals surface area contributed by atoms with Crippen molar-refractivity contribution in [3.05, 3.63) is 35.9 Å². The summed E-state index contributed by atoms with van der Waals surface area (Å²) in [5, 5.41) is 18.0. The number of benzene rings is 1. The zero-order chi connectivity index (χ0) is 12.7. The molecule has 0 aliphatic carbocycles. The summed E-state index contributed by atoms with van der Waals surface area (Å²) in [6, 6.07) is 10.1. The van der Waals surface area contributed by atoms with Gasteiger partial charge in [0.2, 0.25) is 0 Å². The van der Waals surface area contributed by atoms with Crippen LogP contribution in [0.3, 0.4) is 0 Å². The van der Waals surface area contributed by atoms with Crippen molar-refractivity contribution in [1.29, 1.82) is 0 Å².